The lowest BCUT2D eigenvalue weighted by atomic mass is 10.1. The average molecular weight is 266 g/mol. The van der Waals surface area contributed by atoms with Gasteiger partial charge in [0.05, 0.1) is 11.2 Å². The van der Waals surface area contributed by atoms with Gasteiger partial charge in [0.2, 0.25) is 0 Å². The molecule has 0 saturated carbocycles. The second-order valence-corrected chi connectivity index (χ2v) is 6.09. The Kier molecular flexibility index (Phi) is 4.31. The van der Waals surface area contributed by atoms with E-state index in [1.54, 1.807) is 22.7 Å². The van der Waals surface area contributed by atoms with Crippen molar-refractivity contribution in [2.24, 2.45) is 0 Å². The Morgan fingerprint density at radius 1 is 1.41 bits per heavy atom. The van der Waals surface area contributed by atoms with Crippen LogP contribution in [0.2, 0.25) is 0 Å². The lowest BCUT2D eigenvalue weighted by Gasteiger charge is -2.19. The Morgan fingerprint density at radius 2 is 2.24 bits per heavy atom. The van der Waals surface area contributed by atoms with E-state index in [1.165, 1.54) is 10.4 Å². The van der Waals surface area contributed by atoms with Crippen LogP contribution in [0.3, 0.4) is 0 Å². The summed E-state index contributed by atoms with van der Waals surface area (Å²) in [6.07, 6.45) is 1.09. The normalized spacial score (nSPS) is 14.8. The van der Waals surface area contributed by atoms with Crippen molar-refractivity contribution in [2.75, 3.05) is 0 Å². The van der Waals surface area contributed by atoms with Gasteiger partial charge in [0.25, 0.3) is 0 Å². The van der Waals surface area contributed by atoms with Crippen molar-refractivity contribution in [1.29, 1.82) is 0 Å². The van der Waals surface area contributed by atoms with E-state index in [0.29, 0.717) is 12.1 Å². The first kappa shape index (κ1) is 12.7. The van der Waals surface area contributed by atoms with Crippen LogP contribution >= 0.6 is 22.7 Å². The smallest absolute Gasteiger partial charge is 0.0798 e. The van der Waals surface area contributed by atoms with Gasteiger partial charge in [-0.05, 0) is 49.6 Å². The van der Waals surface area contributed by atoms with Crippen LogP contribution in [0, 0.1) is 6.92 Å². The first-order chi connectivity index (χ1) is 8.16. The highest BCUT2D eigenvalue weighted by molar-refractivity contribution is 7.09. The standard InChI is InChI=1S/C13H18N2S2/c1-9(6-12-4-5-16-7-12)15-11(3)13-10(2)14-8-17-13/h4-5,7-9,11,15H,6H2,1-3H3. The maximum atomic E-state index is 4.30. The second-order valence-electron chi connectivity index (χ2n) is 4.43. The zero-order chi connectivity index (χ0) is 12.3. The molecule has 0 amide bonds. The van der Waals surface area contributed by atoms with E-state index in [2.05, 4.69) is 47.9 Å². The molecule has 0 spiro atoms. The van der Waals surface area contributed by atoms with E-state index in [9.17, 15) is 0 Å². The van der Waals surface area contributed by atoms with Crippen LogP contribution in [0.5, 0.6) is 0 Å². The number of aromatic nitrogens is 1. The summed E-state index contributed by atoms with van der Waals surface area (Å²) in [5.41, 5.74) is 4.49. The predicted octanol–water partition coefficient (Wildman–Crippen LogP) is 3.79. The number of nitrogens with one attached hydrogen (secondary N) is 1. The number of thiazole rings is 1. The van der Waals surface area contributed by atoms with E-state index in [-0.39, 0.29) is 0 Å². The van der Waals surface area contributed by atoms with Crippen LogP contribution in [-0.4, -0.2) is 11.0 Å². The third-order valence-electron chi connectivity index (χ3n) is 2.83. The summed E-state index contributed by atoms with van der Waals surface area (Å²) < 4.78 is 0. The number of hydrogen-bond donors (Lipinski definition) is 1. The van der Waals surface area contributed by atoms with Gasteiger partial charge in [-0.2, -0.15) is 11.3 Å². The Morgan fingerprint density at radius 3 is 2.82 bits per heavy atom. The zero-order valence-electron chi connectivity index (χ0n) is 10.4. The van der Waals surface area contributed by atoms with E-state index in [0.717, 1.165) is 12.1 Å². The fraction of sp³-hybridized carbons (Fsp3) is 0.462. The van der Waals surface area contributed by atoms with Crippen LogP contribution in [0.25, 0.3) is 0 Å². The molecule has 1 N–H and O–H groups in total. The molecular weight excluding hydrogens is 248 g/mol. The first-order valence-electron chi connectivity index (χ1n) is 5.84. The summed E-state index contributed by atoms with van der Waals surface area (Å²) in [4.78, 5) is 5.65. The predicted molar refractivity (Wildman–Crippen MR) is 75.9 cm³/mol. The summed E-state index contributed by atoms with van der Waals surface area (Å²) in [5.74, 6) is 0. The van der Waals surface area contributed by atoms with Gasteiger partial charge in [-0.3, -0.25) is 0 Å². The molecule has 0 aliphatic heterocycles. The molecule has 0 fully saturated rings. The molecule has 2 heterocycles. The molecule has 92 valence electrons. The fourth-order valence-corrected chi connectivity index (χ4v) is 3.55. The van der Waals surface area contributed by atoms with Gasteiger partial charge in [-0.25, -0.2) is 4.98 Å². The molecule has 4 heteroatoms. The average Bonchev–Trinajstić information content (AvgIpc) is 2.88. The number of thiophene rings is 1. The third-order valence-corrected chi connectivity index (χ3v) is 4.68. The van der Waals surface area contributed by atoms with Gasteiger partial charge in [0.1, 0.15) is 0 Å². The summed E-state index contributed by atoms with van der Waals surface area (Å²) in [6, 6.07) is 3.07. The quantitative estimate of drug-likeness (QED) is 0.890. The number of rotatable bonds is 5. The van der Waals surface area contributed by atoms with Crippen molar-refractivity contribution in [3.63, 3.8) is 0 Å². The van der Waals surface area contributed by atoms with E-state index < -0.39 is 0 Å². The fourth-order valence-electron chi connectivity index (χ4n) is 2.05. The van der Waals surface area contributed by atoms with E-state index in [1.807, 2.05) is 5.51 Å². The molecule has 2 nitrogen and oxygen atoms in total. The van der Waals surface area contributed by atoms with Crippen molar-refractivity contribution >= 4 is 22.7 Å². The van der Waals surface area contributed by atoms with Crippen molar-refractivity contribution < 1.29 is 0 Å². The van der Waals surface area contributed by atoms with Gasteiger partial charge in [0, 0.05) is 17.0 Å². The Balaban J connectivity index is 1.90. The maximum Gasteiger partial charge on any atom is 0.0798 e. The van der Waals surface area contributed by atoms with Crippen molar-refractivity contribution in [3.8, 4) is 0 Å². The van der Waals surface area contributed by atoms with Crippen LogP contribution in [0.4, 0.5) is 0 Å². The molecular formula is C13H18N2S2. The minimum Gasteiger partial charge on any atom is -0.307 e. The second kappa shape index (κ2) is 5.76. The number of nitrogens with zero attached hydrogens (tertiary/aromatic N) is 1. The van der Waals surface area contributed by atoms with Gasteiger partial charge in [-0.1, -0.05) is 0 Å². The van der Waals surface area contributed by atoms with Crippen LogP contribution in [0.1, 0.15) is 36.0 Å². The first-order valence-corrected chi connectivity index (χ1v) is 7.66. The van der Waals surface area contributed by atoms with E-state index in [4.69, 9.17) is 0 Å². The largest absolute Gasteiger partial charge is 0.307 e. The number of hydrogen-bond acceptors (Lipinski definition) is 4. The zero-order valence-corrected chi connectivity index (χ0v) is 12.1. The summed E-state index contributed by atoms with van der Waals surface area (Å²) >= 11 is 3.50. The van der Waals surface area contributed by atoms with Crippen LogP contribution < -0.4 is 5.32 Å². The topological polar surface area (TPSA) is 24.9 Å². The molecule has 2 aromatic heterocycles. The highest BCUT2D eigenvalue weighted by Gasteiger charge is 2.13. The Labute approximate surface area is 111 Å². The SMILES string of the molecule is Cc1ncsc1C(C)NC(C)Cc1ccsc1. The minimum absolute atomic E-state index is 0.385. The van der Waals surface area contributed by atoms with Crippen molar-refractivity contribution in [2.45, 2.75) is 39.3 Å². The molecule has 17 heavy (non-hydrogen) atoms. The summed E-state index contributed by atoms with van der Waals surface area (Å²) in [7, 11) is 0. The molecule has 2 unspecified atom stereocenters. The Bertz CT molecular complexity index is 448. The number of aryl methyl sites for hydroxylation is 1. The van der Waals surface area contributed by atoms with Gasteiger partial charge in [-0.15, -0.1) is 11.3 Å². The molecule has 0 radical (unpaired) electrons. The monoisotopic (exact) mass is 266 g/mol. The lowest BCUT2D eigenvalue weighted by Crippen LogP contribution is -2.30. The van der Waals surface area contributed by atoms with Crippen LogP contribution in [-0.2, 0) is 6.42 Å². The molecule has 0 bridgehead atoms. The van der Waals surface area contributed by atoms with Crippen molar-refractivity contribution in [1.82, 2.24) is 10.3 Å². The lowest BCUT2D eigenvalue weighted by molar-refractivity contribution is 0.480. The molecule has 2 aromatic rings. The summed E-state index contributed by atoms with van der Waals surface area (Å²) in [6.45, 7) is 6.53. The van der Waals surface area contributed by atoms with Crippen LogP contribution in [0.15, 0.2) is 22.3 Å². The van der Waals surface area contributed by atoms with Gasteiger partial charge < -0.3 is 5.32 Å². The Hall–Kier alpha value is -0.710. The third kappa shape index (κ3) is 3.37. The summed E-state index contributed by atoms with van der Waals surface area (Å²) in [5, 5.41) is 8.00. The minimum atomic E-state index is 0.385. The van der Waals surface area contributed by atoms with E-state index >= 15 is 0 Å². The molecule has 2 atom stereocenters. The maximum absolute atomic E-state index is 4.30. The van der Waals surface area contributed by atoms with Crippen molar-refractivity contribution in [3.05, 3.63) is 38.5 Å². The molecule has 0 aromatic carbocycles. The highest BCUT2D eigenvalue weighted by atomic mass is 32.1. The molecule has 0 aliphatic rings. The molecule has 0 saturated heterocycles. The molecule has 0 aliphatic carbocycles. The molecule has 2 rings (SSSR count). The highest BCUT2D eigenvalue weighted by Crippen LogP contribution is 2.22. The van der Waals surface area contributed by atoms with Gasteiger partial charge in [0.15, 0.2) is 0 Å². The van der Waals surface area contributed by atoms with Gasteiger partial charge >= 0.3 is 0 Å².